The number of amides is 2. The number of piperidine rings is 1. The van der Waals surface area contributed by atoms with E-state index in [4.69, 9.17) is 0 Å². The minimum atomic E-state index is -0.472. The lowest BCUT2D eigenvalue weighted by atomic mass is 9.72. The minimum absolute atomic E-state index is 0.102. The quantitative estimate of drug-likeness (QED) is 0.699. The van der Waals surface area contributed by atoms with E-state index in [0.717, 1.165) is 6.42 Å². The molecule has 0 unspecified atom stereocenters. The van der Waals surface area contributed by atoms with Gasteiger partial charge in [-0.15, -0.1) is 0 Å². The third-order valence-corrected chi connectivity index (χ3v) is 7.29. The number of benzene rings is 2. The van der Waals surface area contributed by atoms with Crippen LogP contribution in [-0.2, 0) is 16.0 Å². The summed E-state index contributed by atoms with van der Waals surface area (Å²) in [6.45, 7) is 9.65. The first-order valence-corrected chi connectivity index (χ1v) is 12.0. The molecule has 2 atom stereocenters. The second kappa shape index (κ2) is 9.09. The number of nitrogens with one attached hydrogen (secondary N) is 1. The molecule has 4 heteroatoms. The molecule has 0 spiro atoms. The molecule has 4 nitrogen and oxygen atoms in total. The summed E-state index contributed by atoms with van der Waals surface area (Å²) in [5, 5.41) is 3.17. The summed E-state index contributed by atoms with van der Waals surface area (Å²) in [7, 11) is 0. The van der Waals surface area contributed by atoms with Gasteiger partial charge in [0.25, 0.3) is 0 Å². The lowest BCUT2D eigenvalue weighted by molar-refractivity contribution is -0.141. The molecule has 1 aliphatic heterocycles. The van der Waals surface area contributed by atoms with Crippen LogP contribution in [-0.4, -0.2) is 35.8 Å². The maximum absolute atomic E-state index is 13.4. The van der Waals surface area contributed by atoms with Crippen LogP contribution in [0.25, 0.3) is 11.1 Å². The fourth-order valence-corrected chi connectivity index (χ4v) is 5.09. The zero-order valence-electron chi connectivity index (χ0n) is 19.9. The summed E-state index contributed by atoms with van der Waals surface area (Å²) in [5.74, 6) is 1.14. The first kappa shape index (κ1) is 22.6. The molecule has 1 saturated carbocycles. The van der Waals surface area contributed by atoms with Crippen molar-refractivity contribution in [3.63, 3.8) is 0 Å². The van der Waals surface area contributed by atoms with Crippen LogP contribution in [0, 0.1) is 24.2 Å². The van der Waals surface area contributed by atoms with Crippen molar-refractivity contribution in [3.05, 3.63) is 59.7 Å². The Kier molecular flexibility index (Phi) is 6.41. The largest absolute Gasteiger partial charge is 0.353 e. The van der Waals surface area contributed by atoms with E-state index in [1.165, 1.54) is 22.3 Å². The molecular formula is C28H36N2O2. The van der Waals surface area contributed by atoms with Crippen molar-refractivity contribution in [1.29, 1.82) is 0 Å². The van der Waals surface area contributed by atoms with Gasteiger partial charge in [-0.25, -0.2) is 0 Å². The fraction of sp³-hybridized carbons (Fsp3) is 0.500. The highest BCUT2D eigenvalue weighted by molar-refractivity contribution is 5.85. The maximum Gasteiger partial charge on any atom is 0.226 e. The zero-order chi connectivity index (χ0) is 22.9. The molecule has 4 rings (SSSR count). The van der Waals surface area contributed by atoms with Gasteiger partial charge >= 0.3 is 0 Å². The summed E-state index contributed by atoms with van der Waals surface area (Å²) >= 11 is 0. The summed E-state index contributed by atoms with van der Waals surface area (Å²) in [6, 6.07) is 17.1. The van der Waals surface area contributed by atoms with E-state index >= 15 is 0 Å². The molecule has 1 N–H and O–H groups in total. The molecule has 1 aliphatic carbocycles. The fourth-order valence-electron chi connectivity index (χ4n) is 5.09. The molecule has 2 aromatic rings. The average Bonchev–Trinajstić information content (AvgIpc) is 3.50. The number of carbonyl (C=O) groups is 2. The second-order valence-electron chi connectivity index (χ2n) is 10.2. The molecule has 170 valence electrons. The predicted molar refractivity (Wildman–Crippen MR) is 129 cm³/mol. The Balaban J connectivity index is 1.56. The SMILES string of the molecule is Cc1ccccc1-c1cccc(CC2(C(=O)NC(C)C)CCN(C(=O)[C@H]3C[C@@H]3C)CC2)c1. The predicted octanol–water partition coefficient (Wildman–Crippen LogP) is 4.99. The van der Waals surface area contributed by atoms with Gasteiger partial charge in [-0.1, -0.05) is 55.5 Å². The van der Waals surface area contributed by atoms with Crippen LogP contribution in [0.4, 0.5) is 0 Å². The first-order valence-electron chi connectivity index (χ1n) is 12.0. The summed E-state index contributed by atoms with van der Waals surface area (Å²) in [5.41, 5.74) is 4.38. The number of hydrogen-bond donors (Lipinski definition) is 1. The van der Waals surface area contributed by atoms with Crippen LogP contribution in [0.15, 0.2) is 48.5 Å². The molecule has 1 saturated heterocycles. The lowest BCUT2D eigenvalue weighted by Crippen LogP contribution is -2.52. The number of nitrogens with zero attached hydrogens (tertiary/aromatic N) is 1. The van der Waals surface area contributed by atoms with Gasteiger partial charge in [-0.05, 0) is 74.6 Å². The van der Waals surface area contributed by atoms with Crippen molar-refractivity contribution in [2.24, 2.45) is 17.3 Å². The van der Waals surface area contributed by atoms with E-state index in [0.29, 0.717) is 38.3 Å². The standard InChI is InChI=1S/C28H36N2O2/c1-19(2)29-27(32)28(12-14-30(15-13-28)26(31)25-16-21(25)4)18-22-9-7-10-23(17-22)24-11-6-5-8-20(24)3/h5-11,17,19,21,25H,12-16,18H2,1-4H3,(H,29,32)/t21-,25-/m0/s1. The molecular weight excluding hydrogens is 396 g/mol. The molecule has 0 radical (unpaired) electrons. The normalized spacial score (nSPS) is 22.0. The number of likely N-dealkylation sites (tertiary alicyclic amines) is 1. The van der Waals surface area contributed by atoms with Crippen molar-refractivity contribution >= 4 is 11.8 Å². The Morgan fingerprint density at radius 3 is 2.41 bits per heavy atom. The summed E-state index contributed by atoms with van der Waals surface area (Å²) in [4.78, 5) is 28.1. The van der Waals surface area contributed by atoms with Gasteiger partial charge in [-0.2, -0.15) is 0 Å². The van der Waals surface area contributed by atoms with Crippen LogP contribution in [0.5, 0.6) is 0 Å². The molecule has 0 bridgehead atoms. The summed E-state index contributed by atoms with van der Waals surface area (Å²) in [6.07, 6.45) is 3.15. The highest BCUT2D eigenvalue weighted by Crippen LogP contribution is 2.42. The molecule has 1 heterocycles. The van der Waals surface area contributed by atoms with E-state index in [2.05, 4.69) is 67.7 Å². The number of carbonyl (C=O) groups excluding carboxylic acids is 2. The van der Waals surface area contributed by atoms with Crippen LogP contribution in [0.1, 0.15) is 51.2 Å². The van der Waals surface area contributed by atoms with E-state index in [1.54, 1.807) is 0 Å². The summed E-state index contributed by atoms with van der Waals surface area (Å²) < 4.78 is 0. The van der Waals surface area contributed by atoms with Gasteiger partial charge in [0.15, 0.2) is 0 Å². The van der Waals surface area contributed by atoms with E-state index < -0.39 is 5.41 Å². The van der Waals surface area contributed by atoms with Crippen LogP contribution >= 0.6 is 0 Å². The molecule has 2 fully saturated rings. The van der Waals surface area contributed by atoms with Crippen molar-refractivity contribution in [2.45, 2.75) is 59.4 Å². The number of rotatable bonds is 6. The third-order valence-electron chi connectivity index (χ3n) is 7.29. The van der Waals surface area contributed by atoms with E-state index in [-0.39, 0.29) is 23.8 Å². The van der Waals surface area contributed by atoms with Crippen LogP contribution in [0.3, 0.4) is 0 Å². The third kappa shape index (κ3) is 4.74. The van der Waals surface area contributed by atoms with Crippen molar-refractivity contribution in [3.8, 4) is 11.1 Å². The van der Waals surface area contributed by atoms with Gasteiger partial charge < -0.3 is 10.2 Å². The molecule has 2 aliphatic rings. The smallest absolute Gasteiger partial charge is 0.226 e. The highest BCUT2D eigenvalue weighted by atomic mass is 16.2. The average molecular weight is 433 g/mol. The molecule has 2 aromatic carbocycles. The van der Waals surface area contributed by atoms with Crippen LogP contribution < -0.4 is 5.32 Å². The Bertz CT molecular complexity index is 988. The number of hydrogen-bond acceptors (Lipinski definition) is 2. The number of aryl methyl sites for hydroxylation is 1. The Morgan fingerprint density at radius 2 is 1.78 bits per heavy atom. The van der Waals surface area contributed by atoms with Crippen molar-refractivity contribution < 1.29 is 9.59 Å². The monoisotopic (exact) mass is 432 g/mol. The molecule has 32 heavy (non-hydrogen) atoms. The maximum atomic E-state index is 13.4. The second-order valence-corrected chi connectivity index (χ2v) is 10.2. The molecule has 0 aromatic heterocycles. The Hall–Kier alpha value is -2.62. The first-order chi connectivity index (χ1) is 15.3. The Labute approximate surface area is 192 Å². The van der Waals surface area contributed by atoms with Gasteiger partial charge in [0.2, 0.25) is 11.8 Å². The molecule has 2 amide bonds. The van der Waals surface area contributed by atoms with Gasteiger partial charge in [-0.3, -0.25) is 9.59 Å². The van der Waals surface area contributed by atoms with Crippen molar-refractivity contribution in [2.75, 3.05) is 13.1 Å². The highest BCUT2D eigenvalue weighted by Gasteiger charge is 2.46. The Morgan fingerprint density at radius 1 is 1.09 bits per heavy atom. The van der Waals surface area contributed by atoms with Gasteiger partial charge in [0.1, 0.15) is 0 Å². The minimum Gasteiger partial charge on any atom is -0.353 e. The lowest BCUT2D eigenvalue weighted by Gasteiger charge is -2.41. The van der Waals surface area contributed by atoms with Crippen LogP contribution in [0.2, 0.25) is 0 Å². The van der Waals surface area contributed by atoms with E-state index in [1.807, 2.05) is 18.7 Å². The topological polar surface area (TPSA) is 49.4 Å². The van der Waals surface area contributed by atoms with Gasteiger partial charge in [0, 0.05) is 25.0 Å². The van der Waals surface area contributed by atoms with Crippen molar-refractivity contribution in [1.82, 2.24) is 10.2 Å². The van der Waals surface area contributed by atoms with Gasteiger partial charge in [0.05, 0.1) is 5.41 Å². The zero-order valence-corrected chi connectivity index (χ0v) is 19.9. The van der Waals surface area contributed by atoms with E-state index in [9.17, 15) is 9.59 Å².